The summed E-state index contributed by atoms with van der Waals surface area (Å²) in [6, 6.07) is 6.83. The molecule has 1 fully saturated rings. The highest BCUT2D eigenvalue weighted by Gasteiger charge is 2.23. The molecule has 7 nitrogen and oxygen atoms in total. The van der Waals surface area contributed by atoms with Gasteiger partial charge in [0.15, 0.2) is 11.5 Å². The first kappa shape index (κ1) is 15.4. The molecular weight excluding hydrogens is 323 g/mol. The number of amides is 1. The van der Waals surface area contributed by atoms with Gasteiger partial charge in [0, 0.05) is 17.8 Å². The molecule has 0 atom stereocenters. The van der Waals surface area contributed by atoms with Gasteiger partial charge in [0.05, 0.1) is 11.9 Å². The number of imidazole rings is 1. The summed E-state index contributed by atoms with van der Waals surface area (Å²) < 4.78 is 15.0. The molecule has 0 aliphatic heterocycles. The van der Waals surface area contributed by atoms with Gasteiger partial charge < -0.3 is 16.4 Å². The summed E-state index contributed by atoms with van der Waals surface area (Å²) in [4.78, 5) is 15.9. The first-order valence-corrected chi connectivity index (χ1v) is 7.99. The number of carbonyl (C=O) groups excluding carboxylic acids is 1. The molecule has 2 aromatic heterocycles. The van der Waals surface area contributed by atoms with Crippen LogP contribution < -0.4 is 16.4 Å². The maximum atomic E-state index is 13.6. The second-order valence-electron chi connectivity index (χ2n) is 6.25. The molecule has 0 bridgehead atoms. The van der Waals surface area contributed by atoms with Gasteiger partial charge in [-0.2, -0.15) is 0 Å². The Labute approximate surface area is 143 Å². The number of fused-ring (bicyclic) bond motifs is 1. The Morgan fingerprint density at radius 2 is 2.12 bits per heavy atom. The van der Waals surface area contributed by atoms with Crippen molar-refractivity contribution in [1.82, 2.24) is 14.6 Å². The number of aromatic nitrogens is 3. The van der Waals surface area contributed by atoms with Crippen molar-refractivity contribution in [2.24, 2.45) is 5.73 Å². The Kier molecular flexibility index (Phi) is 3.52. The number of carbonyl (C=O) groups is 1. The molecule has 0 radical (unpaired) electrons. The summed E-state index contributed by atoms with van der Waals surface area (Å²) in [5.74, 6) is -0.488. The quantitative estimate of drug-likeness (QED) is 0.663. The van der Waals surface area contributed by atoms with Gasteiger partial charge >= 0.3 is 0 Å². The average Bonchev–Trinajstić information content (AvgIpc) is 3.22. The fraction of sp³-hybridized carbons (Fsp3) is 0.235. The predicted molar refractivity (Wildman–Crippen MR) is 92.6 cm³/mol. The van der Waals surface area contributed by atoms with Crippen molar-refractivity contribution in [3.8, 4) is 0 Å². The number of aryl methyl sites for hydroxylation is 1. The van der Waals surface area contributed by atoms with Crippen LogP contribution in [0.15, 0.2) is 30.5 Å². The molecule has 4 rings (SSSR count). The molecule has 0 spiro atoms. The molecule has 0 unspecified atom stereocenters. The number of anilines is 3. The second kappa shape index (κ2) is 5.73. The normalized spacial score (nSPS) is 13.8. The highest BCUT2D eigenvalue weighted by atomic mass is 19.1. The summed E-state index contributed by atoms with van der Waals surface area (Å²) in [6.07, 6.45) is 3.58. The maximum Gasteiger partial charge on any atom is 0.269 e. The first-order valence-electron chi connectivity index (χ1n) is 7.99. The van der Waals surface area contributed by atoms with E-state index < -0.39 is 5.91 Å². The van der Waals surface area contributed by atoms with E-state index >= 15 is 0 Å². The Hall–Kier alpha value is -3.16. The number of nitrogens with two attached hydrogens (primary N) is 1. The zero-order valence-electron chi connectivity index (χ0n) is 13.6. The monoisotopic (exact) mass is 340 g/mol. The molecule has 2 heterocycles. The van der Waals surface area contributed by atoms with Crippen LogP contribution in [-0.2, 0) is 0 Å². The molecule has 1 saturated carbocycles. The van der Waals surface area contributed by atoms with Gasteiger partial charge in [-0.15, -0.1) is 5.10 Å². The Morgan fingerprint density at radius 3 is 2.80 bits per heavy atom. The molecule has 3 aromatic rings. The number of hydrogen-bond donors (Lipinski definition) is 3. The van der Waals surface area contributed by atoms with Gasteiger partial charge in [-0.1, -0.05) is 0 Å². The van der Waals surface area contributed by atoms with E-state index in [-0.39, 0.29) is 11.5 Å². The Bertz CT molecular complexity index is 958. The summed E-state index contributed by atoms with van der Waals surface area (Å²) in [6.45, 7) is 1.81. The van der Waals surface area contributed by atoms with Crippen molar-refractivity contribution < 1.29 is 9.18 Å². The SMILES string of the molecule is Cc1cc(F)cc(Nc2cc(NC3CC3)c3ncc(C(N)=O)n3n2)c1. The number of rotatable bonds is 5. The van der Waals surface area contributed by atoms with Crippen LogP contribution >= 0.6 is 0 Å². The number of primary amides is 1. The highest BCUT2D eigenvalue weighted by molar-refractivity contribution is 5.92. The van der Waals surface area contributed by atoms with E-state index in [1.165, 1.54) is 22.8 Å². The third-order valence-electron chi connectivity index (χ3n) is 3.97. The van der Waals surface area contributed by atoms with Crippen molar-refractivity contribution in [3.63, 3.8) is 0 Å². The third-order valence-corrected chi connectivity index (χ3v) is 3.97. The van der Waals surface area contributed by atoms with Gasteiger partial charge in [0.25, 0.3) is 5.91 Å². The van der Waals surface area contributed by atoms with Crippen LogP contribution in [0.5, 0.6) is 0 Å². The zero-order chi connectivity index (χ0) is 17.6. The lowest BCUT2D eigenvalue weighted by molar-refractivity contribution is 0.0993. The predicted octanol–water partition coefficient (Wildman–Crippen LogP) is 2.59. The average molecular weight is 340 g/mol. The van der Waals surface area contributed by atoms with E-state index in [4.69, 9.17) is 5.73 Å². The van der Waals surface area contributed by atoms with Crippen LogP contribution in [0, 0.1) is 12.7 Å². The van der Waals surface area contributed by atoms with Crippen molar-refractivity contribution in [3.05, 3.63) is 47.5 Å². The van der Waals surface area contributed by atoms with Gasteiger partial charge in [0.1, 0.15) is 11.5 Å². The van der Waals surface area contributed by atoms with Gasteiger partial charge in [0.2, 0.25) is 0 Å². The van der Waals surface area contributed by atoms with E-state index in [0.717, 1.165) is 24.1 Å². The van der Waals surface area contributed by atoms with E-state index in [0.29, 0.717) is 23.2 Å². The summed E-state index contributed by atoms with van der Waals surface area (Å²) in [5.41, 5.74) is 8.23. The first-order chi connectivity index (χ1) is 12.0. The maximum absolute atomic E-state index is 13.6. The van der Waals surface area contributed by atoms with Crippen LogP contribution in [0.25, 0.3) is 5.65 Å². The number of nitrogens with one attached hydrogen (secondary N) is 2. The summed E-state index contributed by atoms with van der Waals surface area (Å²) in [7, 11) is 0. The van der Waals surface area contributed by atoms with Crippen molar-refractivity contribution >= 4 is 28.7 Å². The molecule has 8 heteroatoms. The van der Waals surface area contributed by atoms with E-state index in [2.05, 4.69) is 20.7 Å². The molecule has 1 aromatic carbocycles. The molecule has 128 valence electrons. The molecule has 25 heavy (non-hydrogen) atoms. The lowest BCUT2D eigenvalue weighted by Crippen LogP contribution is -2.16. The Balaban J connectivity index is 1.79. The van der Waals surface area contributed by atoms with Crippen LogP contribution in [0.4, 0.5) is 21.6 Å². The largest absolute Gasteiger partial charge is 0.379 e. The van der Waals surface area contributed by atoms with Gasteiger partial charge in [-0.3, -0.25) is 4.79 Å². The molecule has 1 aliphatic carbocycles. The number of benzene rings is 1. The number of hydrogen-bond acceptors (Lipinski definition) is 5. The molecule has 1 amide bonds. The second-order valence-corrected chi connectivity index (χ2v) is 6.25. The molecule has 1 aliphatic rings. The minimum atomic E-state index is -0.615. The van der Waals surface area contributed by atoms with Crippen LogP contribution in [0.3, 0.4) is 0 Å². The fourth-order valence-corrected chi connectivity index (χ4v) is 2.71. The van der Waals surface area contributed by atoms with E-state index in [9.17, 15) is 9.18 Å². The number of halogens is 1. The fourth-order valence-electron chi connectivity index (χ4n) is 2.71. The highest BCUT2D eigenvalue weighted by Crippen LogP contribution is 2.29. The van der Waals surface area contributed by atoms with E-state index in [1.54, 1.807) is 6.07 Å². The number of nitrogens with zero attached hydrogens (tertiary/aromatic N) is 3. The zero-order valence-corrected chi connectivity index (χ0v) is 13.6. The van der Waals surface area contributed by atoms with Gasteiger partial charge in [-0.25, -0.2) is 13.9 Å². The standard InChI is InChI=1S/C17H17FN6O/c1-9-4-10(18)6-12(5-9)22-15-7-13(21-11-2-3-11)17-20-8-14(16(19)25)24(17)23-15/h4-8,11,21H,2-3H2,1H3,(H2,19,25)(H,22,23). The molecule has 4 N–H and O–H groups in total. The Morgan fingerprint density at radius 1 is 1.32 bits per heavy atom. The van der Waals surface area contributed by atoms with Crippen molar-refractivity contribution in [2.75, 3.05) is 10.6 Å². The lowest BCUT2D eigenvalue weighted by Gasteiger charge is -2.12. The lowest BCUT2D eigenvalue weighted by atomic mass is 10.2. The van der Waals surface area contributed by atoms with Crippen LogP contribution in [0.1, 0.15) is 28.9 Å². The summed E-state index contributed by atoms with van der Waals surface area (Å²) in [5, 5.41) is 10.8. The molecular formula is C17H17FN6O. The molecule has 0 saturated heterocycles. The smallest absolute Gasteiger partial charge is 0.269 e. The van der Waals surface area contributed by atoms with Crippen LogP contribution in [0.2, 0.25) is 0 Å². The van der Waals surface area contributed by atoms with E-state index in [1.807, 2.05) is 13.0 Å². The third kappa shape index (κ3) is 3.10. The van der Waals surface area contributed by atoms with Gasteiger partial charge in [-0.05, 0) is 43.5 Å². The minimum absolute atomic E-state index is 0.188. The summed E-state index contributed by atoms with van der Waals surface area (Å²) >= 11 is 0. The van der Waals surface area contributed by atoms with Crippen molar-refractivity contribution in [1.29, 1.82) is 0 Å². The topological polar surface area (TPSA) is 97.3 Å². The van der Waals surface area contributed by atoms with Crippen LogP contribution in [-0.4, -0.2) is 26.5 Å². The van der Waals surface area contributed by atoms with Crippen molar-refractivity contribution in [2.45, 2.75) is 25.8 Å². The minimum Gasteiger partial charge on any atom is -0.379 e.